The van der Waals surface area contributed by atoms with Gasteiger partial charge in [-0.25, -0.2) is 0 Å². The number of amides is 1. The molecule has 0 saturated heterocycles. The highest BCUT2D eigenvalue weighted by Crippen LogP contribution is 2.35. The summed E-state index contributed by atoms with van der Waals surface area (Å²) in [4.78, 5) is 11.7. The van der Waals surface area contributed by atoms with Crippen LogP contribution in [-0.2, 0) is 4.79 Å². The van der Waals surface area contributed by atoms with Crippen molar-refractivity contribution >= 4 is 35.6 Å². The maximum Gasteiger partial charge on any atom is 0.241 e. The van der Waals surface area contributed by atoms with Gasteiger partial charge in [0.2, 0.25) is 5.91 Å². The summed E-state index contributed by atoms with van der Waals surface area (Å²) in [5.41, 5.74) is 6.11. The van der Waals surface area contributed by atoms with Crippen LogP contribution < -0.4 is 20.5 Å². The van der Waals surface area contributed by atoms with E-state index in [9.17, 15) is 4.79 Å². The number of nitrogens with two attached hydrogens (primary N) is 1. The van der Waals surface area contributed by atoms with E-state index in [4.69, 9.17) is 26.8 Å². The summed E-state index contributed by atoms with van der Waals surface area (Å²) in [7, 11) is 3.00. The molecule has 0 spiro atoms. The smallest absolute Gasteiger partial charge is 0.241 e. The van der Waals surface area contributed by atoms with Gasteiger partial charge in [0.25, 0.3) is 0 Å². The second-order valence-corrected chi connectivity index (χ2v) is 4.10. The average molecular weight is 309 g/mol. The van der Waals surface area contributed by atoms with Crippen molar-refractivity contribution in [2.75, 3.05) is 19.5 Å². The normalized spacial score (nSPS) is 11.2. The molecule has 1 aromatic carbocycles. The van der Waals surface area contributed by atoms with Gasteiger partial charge in [0.15, 0.2) is 0 Å². The fourth-order valence-corrected chi connectivity index (χ4v) is 1.61. The van der Waals surface area contributed by atoms with Crippen molar-refractivity contribution in [2.24, 2.45) is 5.73 Å². The molecule has 1 atom stereocenters. The second kappa shape index (κ2) is 8.09. The Morgan fingerprint density at radius 1 is 1.37 bits per heavy atom. The Hall–Kier alpha value is -1.17. The number of nitrogens with one attached hydrogen (secondary N) is 1. The Balaban J connectivity index is 0.00000324. The average Bonchev–Trinajstić information content (AvgIpc) is 2.38. The molecule has 19 heavy (non-hydrogen) atoms. The fraction of sp³-hybridized carbons (Fsp3) is 0.417. The van der Waals surface area contributed by atoms with E-state index in [0.29, 0.717) is 28.6 Å². The number of methoxy groups -OCH3 is 2. The van der Waals surface area contributed by atoms with Crippen molar-refractivity contribution in [3.8, 4) is 11.5 Å². The molecule has 1 rings (SSSR count). The predicted octanol–water partition coefficient (Wildman–Crippen LogP) is 2.45. The molecular formula is C12H18Cl2N2O3. The molecule has 1 aromatic rings. The van der Waals surface area contributed by atoms with Gasteiger partial charge < -0.3 is 20.5 Å². The van der Waals surface area contributed by atoms with E-state index in [0.717, 1.165) is 0 Å². The minimum atomic E-state index is -0.560. The topological polar surface area (TPSA) is 73.6 Å². The fourth-order valence-electron chi connectivity index (χ4n) is 1.37. The van der Waals surface area contributed by atoms with Gasteiger partial charge in [0.05, 0.1) is 31.0 Å². The van der Waals surface area contributed by atoms with E-state index in [1.807, 2.05) is 6.92 Å². The minimum absolute atomic E-state index is 0. The highest BCUT2D eigenvalue weighted by atomic mass is 35.5. The van der Waals surface area contributed by atoms with Crippen molar-refractivity contribution in [3.63, 3.8) is 0 Å². The zero-order valence-corrected chi connectivity index (χ0v) is 12.6. The van der Waals surface area contributed by atoms with Crippen LogP contribution in [0.1, 0.15) is 13.3 Å². The second-order valence-electron chi connectivity index (χ2n) is 3.69. The monoisotopic (exact) mass is 308 g/mol. The quantitative estimate of drug-likeness (QED) is 0.876. The summed E-state index contributed by atoms with van der Waals surface area (Å²) in [6, 6.07) is 2.62. The summed E-state index contributed by atoms with van der Waals surface area (Å²) < 4.78 is 10.2. The third-order valence-corrected chi connectivity index (χ3v) is 2.80. The van der Waals surface area contributed by atoms with Crippen LogP contribution in [0.25, 0.3) is 0 Å². The van der Waals surface area contributed by atoms with Gasteiger partial charge in [-0.3, -0.25) is 4.79 Å². The van der Waals surface area contributed by atoms with Crippen LogP contribution in [0.4, 0.5) is 5.69 Å². The van der Waals surface area contributed by atoms with Crippen molar-refractivity contribution in [2.45, 2.75) is 19.4 Å². The lowest BCUT2D eigenvalue weighted by atomic mass is 10.2. The highest BCUT2D eigenvalue weighted by Gasteiger charge is 2.15. The number of ether oxygens (including phenoxy) is 2. The maximum absolute atomic E-state index is 11.7. The first-order valence-electron chi connectivity index (χ1n) is 5.51. The maximum atomic E-state index is 11.7. The molecular weight excluding hydrogens is 291 g/mol. The van der Waals surface area contributed by atoms with Gasteiger partial charge in [0, 0.05) is 6.07 Å². The summed E-state index contributed by atoms with van der Waals surface area (Å²) in [5.74, 6) is 0.663. The Bertz CT molecular complexity index is 441. The minimum Gasteiger partial charge on any atom is -0.495 e. The van der Waals surface area contributed by atoms with Crippen LogP contribution in [0.15, 0.2) is 12.1 Å². The van der Waals surface area contributed by atoms with Crippen LogP contribution in [0.5, 0.6) is 11.5 Å². The standard InChI is InChI=1S/C12H17ClN2O3.ClH/c1-4-8(14)12(16)15-9-5-7(13)10(17-2)6-11(9)18-3;/h5-6,8H,4,14H2,1-3H3,(H,15,16);1H/t8-;/m0./s1. The molecule has 0 aliphatic carbocycles. The van der Waals surface area contributed by atoms with E-state index in [-0.39, 0.29) is 18.3 Å². The summed E-state index contributed by atoms with van der Waals surface area (Å²) in [5, 5.41) is 3.06. The number of hydrogen-bond acceptors (Lipinski definition) is 4. The summed E-state index contributed by atoms with van der Waals surface area (Å²) in [6.45, 7) is 1.84. The van der Waals surface area contributed by atoms with Crippen LogP contribution in [-0.4, -0.2) is 26.2 Å². The number of hydrogen-bond donors (Lipinski definition) is 2. The van der Waals surface area contributed by atoms with Crippen molar-refractivity contribution in [1.29, 1.82) is 0 Å². The molecule has 0 fully saturated rings. The molecule has 0 aliphatic heterocycles. The van der Waals surface area contributed by atoms with Crippen LogP contribution >= 0.6 is 24.0 Å². The number of carbonyl (C=O) groups excluding carboxylic acids is 1. The first-order chi connectivity index (χ1) is 8.53. The summed E-state index contributed by atoms with van der Waals surface area (Å²) >= 11 is 5.99. The first-order valence-corrected chi connectivity index (χ1v) is 5.89. The molecule has 0 unspecified atom stereocenters. The third-order valence-electron chi connectivity index (χ3n) is 2.51. The summed E-state index contributed by atoms with van der Waals surface area (Å²) in [6.07, 6.45) is 0.554. The number of anilines is 1. The number of carbonyl (C=O) groups is 1. The lowest BCUT2D eigenvalue weighted by Gasteiger charge is -2.15. The number of halogens is 2. The number of rotatable bonds is 5. The highest BCUT2D eigenvalue weighted by molar-refractivity contribution is 6.32. The molecule has 3 N–H and O–H groups in total. The van der Waals surface area contributed by atoms with E-state index in [2.05, 4.69) is 5.32 Å². The molecule has 0 aliphatic rings. The van der Waals surface area contributed by atoms with E-state index in [1.165, 1.54) is 14.2 Å². The SMILES string of the molecule is CC[C@H](N)C(=O)Nc1cc(Cl)c(OC)cc1OC.Cl. The third kappa shape index (κ3) is 4.45. The van der Waals surface area contributed by atoms with E-state index >= 15 is 0 Å². The lowest BCUT2D eigenvalue weighted by molar-refractivity contribution is -0.117. The Kier molecular flexibility index (Phi) is 7.59. The lowest BCUT2D eigenvalue weighted by Crippen LogP contribution is -2.34. The van der Waals surface area contributed by atoms with Crippen molar-refractivity contribution in [1.82, 2.24) is 0 Å². The van der Waals surface area contributed by atoms with Gasteiger partial charge in [-0.2, -0.15) is 0 Å². The van der Waals surface area contributed by atoms with Gasteiger partial charge in [0.1, 0.15) is 11.5 Å². The molecule has 0 heterocycles. The first kappa shape index (κ1) is 17.8. The molecule has 1 amide bonds. The Morgan fingerprint density at radius 2 is 1.95 bits per heavy atom. The molecule has 0 bridgehead atoms. The predicted molar refractivity (Wildman–Crippen MR) is 78.7 cm³/mol. The van der Waals surface area contributed by atoms with Crippen LogP contribution in [0, 0.1) is 0 Å². The molecule has 0 saturated carbocycles. The molecule has 0 radical (unpaired) electrons. The van der Waals surface area contributed by atoms with Gasteiger partial charge in [-0.05, 0) is 12.5 Å². The van der Waals surface area contributed by atoms with E-state index < -0.39 is 6.04 Å². The van der Waals surface area contributed by atoms with Crippen LogP contribution in [0.2, 0.25) is 5.02 Å². The zero-order chi connectivity index (χ0) is 13.7. The Labute approximate surface area is 123 Å². The van der Waals surface area contributed by atoms with Crippen molar-refractivity contribution in [3.05, 3.63) is 17.2 Å². The largest absolute Gasteiger partial charge is 0.495 e. The molecule has 5 nitrogen and oxygen atoms in total. The molecule has 7 heteroatoms. The molecule has 0 aromatic heterocycles. The van der Waals surface area contributed by atoms with Gasteiger partial charge in [-0.15, -0.1) is 12.4 Å². The van der Waals surface area contributed by atoms with Crippen molar-refractivity contribution < 1.29 is 14.3 Å². The number of benzene rings is 1. The molecule has 108 valence electrons. The zero-order valence-electron chi connectivity index (χ0n) is 11.0. The van der Waals surface area contributed by atoms with Gasteiger partial charge in [-0.1, -0.05) is 18.5 Å². The van der Waals surface area contributed by atoms with Crippen LogP contribution in [0.3, 0.4) is 0 Å². The van der Waals surface area contributed by atoms with Gasteiger partial charge >= 0.3 is 0 Å². The van der Waals surface area contributed by atoms with E-state index in [1.54, 1.807) is 12.1 Å². The Morgan fingerprint density at radius 3 is 2.42 bits per heavy atom.